The first-order chi connectivity index (χ1) is 11.3. The highest BCUT2D eigenvalue weighted by Crippen LogP contribution is 2.38. The lowest BCUT2D eigenvalue weighted by Crippen LogP contribution is -2.38. The zero-order chi connectivity index (χ0) is 16.2. The Morgan fingerprint density at radius 3 is 2.87 bits per heavy atom. The Balaban J connectivity index is 2.13. The molecule has 7 nitrogen and oxygen atoms in total. The lowest BCUT2D eigenvalue weighted by atomic mass is 9.88. The molecule has 0 bridgehead atoms. The van der Waals surface area contributed by atoms with Crippen molar-refractivity contribution in [2.24, 2.45) is 5.92 Å². The number of fused-ring (bicyclic) bond motifs is 1. The molecule has 0 saturated carbocycles. The number of rotatable bonds is 4. The van der Waals surface area contributed by atoms with E-state index in [9.17, 15) is 4.79 Å². The molecule has 0 aromatic carbocycles. The zero-order valence-corrected chi connectivity index (χ0v) is 13.1. The molecule has 0 unspecified atom stereocenters. The van der Waals surface area contributed by atoms with Crippen LogP contribution in [0.1, 0.15) is 31.9 Å². The Kier molecular flexibility index (Phi) is 4.36. The molecule has 2 aromatic heterocycles. The first-order valence-corrected chi connectivity index (χ1v) is 7.69. The van der Waals surface area contributed by atoms with Crippen molar-refractivity contribution in [2.75, 3.05) is 11.9 Å². The molecule has 1 aliphatic rings. The highest BCUT2D eigenvalue weighted by Gasteiger charge is 2.41. The monoisotopic (exact) mass is 313 g/mol. The number of pyridine rings is 1. The predicted molar refractivity (Wildman–Crippen MR) is 84.5 cm³/mol. The molecule has 23 heavy (non-hydrogen) atoms. The minimum atomic E-state index is -0.494. The van der Waals surface area contributed by atoms with Crippen LogP contribution in [0, 0.1) is 5.92 Å². The molecule has 7 heteroatoms. The van der Waals surface area contributed by atoms with Crippen molar-refractivity contribution in [1.29, 1.82) is 0 Å². The standard InChI is InChI=1S/C16H19N5O2/c1-3-5-12-13(15(22)23-4-2)14(11-6-8-17-9-7-11)21-16(20-12)18-10-19-21/h5-10,13-14H,3-4H2,1-2H3,(H,18,19,20)/b12-5-/t13-,14+/m1/s1. The molecule has 2 aromatic rings. The number of hydrogen-bond acceptors (Lipinski definition) is 6. The normalized spacial score (nSPS) is 21.6. The van der Waals surface area contributed by atoms with Crippen LogP contribution in [0.2, 0.25) is 0 Å². The van der Waals surface area contributed by atoms with Gasteiger partial charge in [0, 0.05) is 18.1 Å². The van der Waals surface area contributed by atoms with E-state index in [0.717, 1.165) is 17.7 Å². The Labute approximate surface area is 134 Å². The van der Waals surface area contributed by atoms with Gasteiger partial charge in [0.25, 0.3) is 0 Å². The maximum atomic E-state index is 12.6. The van der Waals surface area contributed by atoms with Gasteiger partial charge in [0.15, 0.2) is 0 Å². The predicted octanol–water partition coefficient (Wildman–Crippen LogP) is 2.16. The topological polar surface area (TPSA) is 81.9 Å². The van der Waals surface area contributed by atoms with Gasteiger partial charge < -0.3 is 10.1 Å². The third kappa shape index (κ3) is 2.81. The van der Waals surface area contributed by atoms with Gasteiger partial charge in [0.2, 0.25) is 5.95 Å². The molecule has 0 radical (unpaired) electrons. The van der Waals surface area contributed by atoms with Crippen LogP contribution in [-0.2, 0) is 9.53 Å². The molecule has 1 aliphatic heterocycles. The fourth-order valence-electron chi connectivity index (χ4n) is 2.84. The summed E-state index contributed by atoms with van der Waals surface area (Å²) in [4.78, 5) is 20.9. The summed E-state index contributed by atoms with van der Waals surface area (Å²) in [6.07, 6.45) is 7.69. The summed E-state index contributed by atoms with van der Waals surface area (Å²) in [5.74, 6) is -0.152. The van der Waals surface area contributed by atoms with Gasteiger partial charge in [-0.3, -0.25) is 9.78 Å². The van der Waals surface area contributed by atoms with Gasteiger partial charge in [0.1, 0.15) is 12.2 Å². The lowest BCUT2D eigenvalue weighted by Gasteiger charge is -2.33. The van der Waals surface area contributed by atoms with E-state index in [-0.39, 0.29) is 12.0 Å². The van der Waals surface area contributed by atoms with Crippen LogP contribution in [0.25, 0.3) is 0 Å². The average molecular weight is 313 g/mol. The first kappa shape index (κ1) is 15.2. The number of ether oxygens (including phenoxy) is 1. The van der Waals surface area contributed by atoms with E-state index in [1.807, 2.05) is 25.1 Å². The smallest absolute Gasteiger partial charge is 0.317 e. The number of nitrogens with zero attached hydrogens (tertiary/aromatic N) is 4. The molecule has 3 heterocycles. The fraction of sp³-hybridized carbons (Fsp3) is 0.375. The molecule has 0 amide bonds. The van der Waals surface area contributed by atoms with Gasteiger partial charge >= 0.3 is 5.97 Å². The molecule has 0 aliphatic carbocycles. The van der Waals surface area contributed by atoms with Crippen LogP contribution >= 0.6 is 0 Å². The number of allylic oxidation sites excluding steroid dienone is 1. The summed E-state index contributed by atoms with van der Waals surface area (Å²) in [6.45, 7) is 4.17. The van der Waals surface area contributed by atoms with Gasteiger partial charge in [-0.15, -0.1) is 0 Å². The molecule has 0 fully saturated rings. The molecule has 3 rings (SSSR count). The Bertz CT molecular complexity index is 710. The summed E-state index contributed by atoms with van der Waals surface area (Å²) < 4.78 is 7.03. The fourth-order valence-corrected chi connectivity index (χ4v) is 2.84. The molecule has 120 valence electrons. The molecule has 1 N–H and O–H groups in total. The van der Waals surface area contributed by atoms with E-state index >= 15 is 0 Å². The lowest BCUT2D eigenvalue weighted by molar-refractivity contribution is -0.147. The largest absolute Gasteiger partial charge is 0.465 e. The number of aromatic nitrogens is 4. The van der Waals surface area contributed by atoms with Crippen LogP contribution in [0.15, 0.2) is 42.6 Å². The first-order valence-electron chi connectivity index (χ1n) is 7.69. The van der Waals surface area contributed by atoms with Crippen LogP contribution in [0.3, 0.4) is 0 Å². The van der Waals surface area contributed by atoms with Crippen molar-refractivity contribution in [3.63, 3.8) is 0 Å². The number of carbonyl (C=O) groups is 1. The minimum absolute atomic E-state index is 0.275. The van der Waals surface area contributed by atoms with E-state index in [1.165, 1.54) is 6.33 Å². The number of nitrogens with one attached hydrogen (secondary N) is 1. The number of esters is 1. The minimum Gasteiger partial charge on any atom is -0.465 e. The highest BCUT2D eigenvalue weighted by atomic mass is 16.5. The summed E-state index contributed by atoms with van der Waals surface area (Å²) in [5.41, 5.74) is 1.74. The third-order valence-corrected chi connectivity index (χ3v) is 3.76. The van der Waals surface area contributed by atoms with E-state index in [0.29, 0.717) is 12.6 Å². The van der Waals surface area contributed by atoms with Crippen molar-refractivity contribution in [2.45, 2.75) is 26.3 Å². The molecule has 2 atom stereocenters. The maximum Gasteiger partial charge on any atom is 0.317 e. The van der Waals surface area contributed by atoms with Crippen LogP contribution in [-0.4, -0.2) is 32.3 Å². The number of carbonyl (C=O) groups excluding carboxylic acids is 1. The highest BCUT2D eigenvalue weighted by molar-refractivity contribution is 5.79. The SMILES string of the molecule is CC/C=C1\Nc2ncnn2[C@@H](c2ccncc2)[C@@H]1C(=O)OCC. The molecule has 0 saturated heterocycles. The molecular formula is C16H19N5O2. The Morgan fingerprint density at radius 2 is 2.17 bits per heavy atom. The third-order valence-electron chi connectivity index (χ3n) is 3.76. The van der Waals surface area contributed by atoms with E-state index < -0.39 is 5.92 Å². The van der Waals surface area contributed by atoms with E-state index in [2.05, 4.69) is 20.4 Å². The Morgan fingerprint density at radius 1 is 1.39 bits per heavy atom. The second-order valence-corrected chi connectivity index (χ2v) is 5.18. The second-order valence-electron chi connectivity index (χ2n) is 5.18. The van der Waals surface area contributed by atoms with Crippen LogP contribution in [0.5, 0.6) is 0 Å². The second kappa shape index (κ2) is 6.60. The van der Waals surface area contributed by atoms with Gasteiger partial charge in [-0.1, -0.05) is 13.0 Å². The number of anilines is 1. The van der Waals surface area contributed by atoms with E-state index in [1.54, 1.807) is 24.0 Å². The zero-order valence-electron chi connectivity index (χ0n) is 13.1. The van der Waals surface area contributed by atoms with Crippen LogP contribution < -0.4 is 5.32 Å². The molecule has 0 spiro atoms. The van der Waals surface area contributed by atoms with Gasteiger partial charge in [-0.2, -0.15) is 10.1 Å². The summed E-state index contributed by atoms with van der Waals surface area (Å²) in [6, 6.07) is 3.46. The quantitative estimate of drug-likeness (QED) is 0.871. The maximum absolute atomic E-state index is 12.6. The molecular weight excluding hydrogens is 294 g/mol. The average Bonchev–Trinajstić information content (AvgIpc) is 3.03. The van der Waals surface area contributed by atoms with Gasteiger partial charge in [0.05, 0.1) is 12.6 Å². The summed E-state index contributed by atoms with van der Waals surface area (Å²) >= 11 is 0. The van der Waals surface area contributed by atoms with Gasteiger partial charge in [-0.05, 0) is 31.0 Å². The van der Waals surface area contributed by atoms with Crippen molar-refractivity contribution in [3.8, 4) is 0 Å². The van der Waals surface area contributed by atoms with E-state index in [4.69, 9.17) is 4.74 Å². The van der Waals surface area contributed by atoms with Crippen molar-refractivity contribution >= 4 is 11.9 Å². The summed E-state index contributed by atoms with van der Waals surface area (Å²) in [5, 5.41) is 7.49. The van der Waals surface area contributed by atoms with Crippen molar-refractivity contribution in [3.05, 3.63) is 48.2 Å². The Hall–Kier alpha value is -2.70. The number of hydrogen-bond donors (Lipinski definition) is 1. The van der Waals surface area contributed by atoms with Crippen molar-refractivity contribution < 1.29 is 9.53 Å². The van der Waals surface area contributed by atoms with Gasteiger partial charge in [-0.25, -0.2) is 4.68 Å². The van der Waals surface area contributed by atoms with Crippen LogP contribution in [0.4, 0.5) is 5.95 Å². The summed E-state index contributed by atoms with van der Waals surface area (Å²) in [7, 11) is 0. The van der Waals surface area contributed by atoms with Crippen molar-refractivity contribution in [1.82, 2.24) is 19.7 Å².